The molecule has 0 unspecified atom stereocenters. The van der Waals surface area contributed by atoms with Gasteiger partial charge in [0.1, 0.15) is 12.4 Å². The van der Waals surface area contributed by atoms with Crippen LogP contribution in [0.15, 0.2) is 73.1 Å². The first-order valence-corrected chi connectivity index (χ1v) is 9.60. The molecule has 2 amide bonds. The number of anilines is 2. The Hall–Kier alpha value is -3.54. The first-order chi connectivity index (χ1) is 14.1. The number of nitrogens with one attached hydrogen (secondary N) is 3. The van der Waals surface area contributed by atoms with Gasteiger partial charge in [0, 0.05) is 36.4 Å². The van der Waals surface area contributed by atoms with Gasteiger partial charge in [-0.15, -0.1) is 0 Å². The number of aromatic nitrogens is 1. The smallest absolute Gasteiger partial charge is 0.319 e. The Morgan fingerprint density at radius 2 is 1.72 bits per heavy atom. The Kier molecular flexibility index (Phi) is 7.05. The van der Waals surface area contributed by atoms with Crippen LogP contribution in [0.5, 0.6) is 5.75 Å². The van der Waals surface area contributed by atoms with Gasteiger partial charge in [0.05, 0.1) is 0 Å². The van der Waals surface area contributed by atoms with Crippen LogP contribution in [-0.2, 0) is 13.2 Å². The molecule has 0 spiro atoms. The van der Waals surface area contributed by atoms with Crippen LogP contribution in [0.25, 0.3) is 0 Å². The number of carbonyl (C=O) groups excluding carboxylic acids is 1. The summed E-state index contributed by atoms with van der Waals surface area (Å²) in [7, 11) is 0. The first-order valence-electron chi connectivity index (χ1n) is 9.60. The van der Waals surface area contributed by atoms with Crippen molar-refractivity contribution in [3.05, 3.63) is 84.2 Å². The van der Waals surface area contributed by atoms with E-state index in [1.807, 2.05) is 60.7 Å². The molecule has 1 aromatic heterocycles. The topological polar surface area (TPSA) is 75.3 Å². The zero-order chi connectivity index (χ0) is 20.5. The normalized spacial score (nSPS) is 10.4. The molecule has 0 aliphatic carbocycles. The number of benzene rings is 2. The van der Waals surface area contributed by atoms with Gasteiger partial charge in [0.2, 0.25) is 0 Å². The predicted molar refractivity (Wildman–Crippen MR) is 116 cm³/mol. The summed E-state index contributed by atoms with van der Waals surface area (Å²) in [5.41, 5.74) is 3.83. The summed E-state index contributed by atoms with van der Waals surface area (Å²) in [5.74, 6) is 0.738. The van der Waals surface area contributed by atoms with Gasteiger partial charge in [-0.05, 0) is 73.5 Å². The molecule has 0 saturated heterocycles. The van der Waals surface area contributed by atoms with Crippen molar-refractivity contribution < 1.29 is 9.53 Å². The number of ether oxygens (including phenoxy) is 1. The standard InChI is InChI=1S/C23H26N4O2/c1-17(2)26-21-5-3-4-19(14-21)15-25-23(28)27-20-6-8-22(9-7-20)29-16-18-10-12-24-13-11-18/h3-14,17,26H,15-16H2,1-2H3,(H2,25,27,28). The molecule has 0 saturated carbocycles. The minimum atomic E-state index is -0.252. The highest BCUT2D eigenvalue weighted by atomic mass is 16.5. The van der Waals surface area contributed by atoms with Crippen molar-refractivity contribution >= 4 is 17.4 Å². The van der Waals surface area contributed by atoms with E-state index >= 15 is 0 Å². The van der Waals surface area contributed by atoms with E-state index in [1.165, 1.54) is 0 Å². The molecule has 0 radical (unpaired) electrons. The summed E-state index contributed by atoms with van der Waals surface area (Å²) in [6, 6.07) is 19.2. The summed E-state index contributed by atoms with van der Waals surface area (Å²) >= 11 is 0. The second-order valence-corrected chi connectivity index (χ2v) is 6.98. The lowest BCUT2D eigenvalue weighted by Gasteiger charge is -2.12. The molecule has 3 aromatic rings. The van der Waals surface area contributed by atoms with Crippen molar-refractivity contribution in [1.82, 2.24) is 10.3 Å². The van der Waals surface area contributed by atoms with E-state index in [0.29, 0.717) is 24.9 Å². The Labute approximate surface area is 171 Å². The van der Waals surface area contributed by atoms with E-state index in [4.69, 9.17) is 4.74 Å². The van der Waals surface area contributed by atoms with Crippen molar-refractivity contribution in [2.75, 3.05) is 10.6 Å². The average Bonchev–Trinajstić information content (AvgIpc) is 2.72. The highest BCUT2D eigenvalue weighted by Crippen LogP contribution is 2.17. The van der Waals surface area contributed by atoms with Crippen molar-refractivity contribution in [3.8, 4) is 5.75 Å². The monoisotopic (exact) mass is 390 g/mol. The third-order valence-electron chi connectivity index (χ3n) is 4.10. The van der Waals surface area contributed by atoms with Gasteiger partial charge in [0.25, 0.3) is 0 Å². The Balaban J connectivity index is 1.45. The number of urea groups is 1. The Bertz CT molecular complexity index is 912. The average molecular weight is 390 g/mol. The lowest BCUT2D eigenvalue weighted by molar-refractivity contribution is 0.251. The molecule has 0 atom stereocenters. The van der Waals surface area contributed by atoms with E-state index in [1.54, 1.807) is 12.4 Å². The number of pyridine rings is 1. The predicted octanol–water partition coefficient (Wildman–Crippen LogP) is 4.80. The molecule has 0 aliphatic heterocycles. The minimum Gasteiger partial charge on any atom is -0.489 e. The van der Waals surface area contributed by atoms with Gasteiger partial charge in [-0.3, -0.25) is 4.98 Å². The molecule has 1 heterocycles. The van der Waals surface area contributed by atoms with Crippen molar-refractivity contribution in [2.24, 2.45) is 0 Å². The third-order valence-corrected chi connectivity index (χ3v) is 4.10. The van der Waals surface area contributed by atoms with Gasteiger partial charge in [-0.1, -0.05) is 12.1 Å². The fourth-order valence-corrected chi connectivity index (χ4v) is 2.74. The van der Waals surface area contributed by atoms with Gasteiger partial charge < -0.3 is 20.7 Å². The van der Waals surface area contributed by atoms with E-state index in [0.717, 1.165) is 22.6 Å². The van der Waals surface area contributed by atoms with E-state index < -0.39 is 0 Å². The molecule has 3 rings (SSSR count). The fourth-order valence-electron chi connectivity index (χ4n) is 2.74. The van der Waals surface area contributed by atoms with Crippen LogP contribution >= 0.6 is 0 Å². The maximum absolute atomic E-state index is 12.2. The summed E-state index contributed by atoms with van der Waals surface area (Å²) in [6.45, 7) is 5.11. The number of amides is 2. The molecule has 6 heteroatoms. The molecule has 0 fully saturated rings. The molecule has 3 N–H and O–H groups in total. The van der Waals surface area contributed by atoms with E-state index in [9.17, 15) is 4.79 Å². The SMILES string of the molecule is CC(C)Nc1cccc(CNC(=O)Nc2ccc(OCc3ccncc3)cc2)c1. The molecule has 150 valence electrons. The maximum atomic E-state index is 12.2. The van der Waals surface area contributed by atoms with E-state index in [-0.39, 0.29) is 6.03 Å². The fraction of sp³-hybridized carbons (Fsp3) is 0.217. The largest absolute Gasteiger partial charge is 0.489 e. The zero-order valence-corrected chi connectivity index (χ0v) is 16.7. The van der Waals surface area contributed by atoms with Crippen LogP contribution in [0.2, 0.25) is 0 Å². The van der Waals surface area contributed by atoms with Crippen molar-refractivity contribution in [1.29, 1.82) is 0 Å². The van der Waals surface area contributed by atoms with Crippen LogP contribution in [-0.4, -0.2) is 17.1 Å². The molecule has 2 aromatic carbocycles. The van der Waals surface area contributed by atoms with Crippen molar-refractivity contribution in [3.63, 3.8) is 0 Å². The second kappa shape index (κ2) is 10.1. The Morgan fingerprint density at radius 1 is 0.966 bits per heavy atom. The number of hydrogen-bond acceptors (Lipinski definition) is 4. The molecule has 29 heavy (non-hydrogen) atoms. The maximum Gasteiger partial charge on any atom is 0.319 e. The molecule has 6 nitrogen and oxygen atoms in total. The lowest BCUT2D eigenvalue weighted by Crippen LogP contribution is -2.28. The van der Waals surface area contributed by atoms with Crippen molar-refractivity contribution in [2.45, 2.75) is 33.0 Å². The number of carbonyl (C=O) groups is 1. The van der Waals surface area contributed by atoms with Gasteiger partial charge in [-0.2, -0.15) is 0 Å². The summed E-state index contributed by atoms with van der Waals surface area (Å²) in [5, 5.41) is 9.06. The molecular formula is C23H26N4O2. The highest BCUT2D eigenvalue weighted by Gasteiger charge is 2.04. The molecular weight excluding hydrogens is 364 g/mol. The van der Waals surface area contributed by atoms with E-state index in [2.05, 4.69) is 34.8 Å². The van der Waals surface area contributed by atoms with Crippen LogP contribution in [0, 0.1) is 0 Å². The number of rotatable bonds is 8. The van der Waals surface area contributed by atoms with Gasteiger partial charge in [0.15, 0.2) is 0 Å². The summed E-state index contributed by atoms with van der Waals surface area (Å²) in [6.07, 6.45) is 3.48. The third kappa shape index (κ3) is 6.84. The lowest BCUT2D eigenvalue weighted by atomic mass is 10.2. The van der Waals surface area contributed by atoms with Crippen LogP contribution in [0.1, 0.15) is 25.0 Å². The van der Waals surface area contributed by atoms with Crippen LogP contribution in [0.3, 0.4) is 0 Å². The first kappa shape index (κ1) is 20.2. The minimum absolute atomic E-state index is 0.252. The molecule has 0 aliphatic rings. The highest BCUT2D eigenvalue weighted by molar-refractivity contribution is 5.89. The zero-order valence-electron chi connectivity index (χ0n) is 16.7. The Morgan fingerprint density at radius 3 is 2.45 bits per heavy atom. The summed E-state index contributed by atoms with van der Waals surface area (Å²) < 4.78 is 5.73. The van der Waals surface area contributed by atoms with Gasteiger partial charge in [-0.25, -0.2) is 4.79 Å². The molecule has 0 bridgehead atoms. The summed E-state index contributed by atoms with van der Waals surface area (Å²) in [4.78, 5) is 16.2. The van der Waals surface area contributed by atoms with Crippen LogP contribution < -0.4 is 20.7 Å². The van der Waals surface area contributed by atoms with Crippen LogP contribution in [0.4, 0.5) is 16.2 Å². The number of hydrogen-bond donors (Lipinski definition) is 3. The quantitative estimate of drug-likeness (QED) is 0.516. The number of nitrogens with zero attached hydrogens (tertiary/aromatic N) is 1. The second-order valence-electron chi connectivity index (χ2n) is 6.98. The van der Waals surface area contributed by atoms with Gasteiger partial charge >= 0.3 is 6.03 Å².